The van der Waals surface area contributed by atoms with Crippen LogP contribution in [0.15, 0.2) is 48.5 Å². The van der Waals surface area contributed by atoms with E-state index in [9.17, 15) is 13.2 Å². The topological polar surface area (TPSA) is 78.5 Å². The molecule has 1 atom stereocenters. The molecule has 0 bridgehead atoms. The van der Waals surface area contributed by atoms with Gasteiger partial charge in [-0.3, -0.25) is 4.90 Å². The number of rotatable bonds is 6. The second-order valence-electron chi connectivity index (χ2n) is 7.10. The molecule has 0 aliphatic carbocycles. The fourth-order valence-corrected chi connectivity index (χ4v) is 5.12. The minimum absolute atomic E-state index is 0.0708. The van der Waals surface area contributed by atoms with Gasteiger partial charge in [0.2, 0.25) is 0 Å². The quantitative estimate of drug-likeness (QED) is 0.750. The lowest BCUT2D eigenvalue weighted by molar-refractivity contribution is 0.251. The second kappa shape index (κ2) is 8.94. The van der Waals surface area contributed by atoms with Gasteiger partial charge in [-0.05, 0) is 48.9 Å². The fourth-order valence-electron chi connectivity index (χ4n) is 3.19. The summed E-state index contributed by atoms with van der Waals surface area (Å²) in [5.74, 6) is 0.507. The van der Waals surface area contributed by atoms with Gasteiger partial charge in [-0.25, -0.2) is 13.2 Å². The minimum atomic E-state index is -2.88. The smallest absolute Gasteiger partial charge is 0.319 e. The monoisotopic (exact) mass is 421 g/mol. The van der Waals surface area contributed by atoms with Gasteiger partial charge in [0.15, 0.2) is 9.84 Å². The molecule has 0 saturated carbocycles. The van der Waals surface area contributed by atoms with Crippen molar-refractivity contribution in [2.24, 2.45) is 0 Å². The first-order valence-electron chi connectivity index (χ1n) is 9.10. The van der Waals surface area contributed by atoms with Crippen molar-refractivity contribution in [3.05, 3.63) is 64.7 Å². The normalized spacial score (nSPS) is 18.2. The molecule has 0 aromatic heterocycles. The molecule has 0 spiro atoms. The molecular formula is C20H24ClN3O3S. The van der Waals surface area contributed by atoms with Crippen LogP contribution in [0.3, 0.4) is 0 Å². The van der Waals surface area contributed by atoms with E-state index in [1.54, 1.807) is 12.1 Å². The van der Waals surface area contributed by atoms with Gasteiger partial charge in [0.1, 0.15) is 0 Å². The van der Waals surface area contributed by atoms with Crippen molar-refractivity contribution >= 4 is 33.2 Å². The zero-order valence-corrected chi connectivity index (χ0v) is 17.3. The molecule has 1 heterocycles. The fraction of sp³-hybridized carbons (Fsp3) is 0.350. The number of nitrogens with one attached hydrogen (secondary N) is 2. The van der Waals surface area contributed by atoms with Crippen LogP contribution in [0.2, 0.25) is 5.02 Å². The standard InChI is InChI=1S/C20H24ClN3O3S/c1-24(19-10-11-28(26,27)14-19)13-16-4-8-18(9-5-16)23-20(25)22-12-15-2-6-17(21)7-3-15/h2-9,19H,10-14H2,1H3,(H2,22,23,25)/t19-/m0/s1. The van der Waals surface area contributed by atoms with E-state index in [1.807, 2.05) is 43.4 Å². The maximum Gasteiger partial charge on any atom is 0.319 e. The molecule has 2 aromatic carbocycles. The van der Waals surface area contributed by atoms with Gasteiger partial charge in [0.25, 0.3) is 0 Å². The summed E-state index contributed by atoms with van der Waals surface area (Å²) >= 11 is 5.85. The molecule has 1 saturated heterocycles. The number of carbonyl (C=O) groups is 1. The van der Waals surface area contributed by atoms with Gasteiger partial charge < -0.3 is 10.6 Å². The number of amides is 2. The molecule has 0 radical (unpaired) electrons. The van der Waals surface area contributed by atoms with Crippen LogP contribution in [0.25, 0.3) is 0 Å². The molecule has 3 rings (SSSR count). The van der Waals surface area contributed by atoms with Crippen LogP contribution in [0.5, 0.6) is 0 Å². The van der Waals surface area contributed by atoms with Crippen LogP contribution in [-0.4, -0.2) is 43.9 Å². The van der Waals surface area contributed by atoms with Gasteiger partial charge in [-0.2, -0.15) is 0 Å². The Morgan fingerprint density at radius 2 is 1.75 bits per heavy atom. The molecule has 0 unspecified atom stereocenters. The van der Waals surface area contributed by atoms with E-state index < -0.39 is 9.84 Å². The number of nitrogens with zero attached hydrogens (tertiary/aromatic N) is 1. The number of hydrogen-bond acceptors (Lipinski definition) is 4. The Morgan fingerprint density at radius 3 is 2.36 bits per heavy atom. The lowest BCUT2D eigenvalue weighted by Gasteiger charge is -2.23. The Balaban J connectivity index is 1.47. The molecule has 6 nitrogen and oxygen atoms in total. The number of benzene rings is 2. The molecule has 1 aliphatic heterocycles. The molecule has 1 fully saturated rings. The first-order valence-corrected chi connectivity index (χ1v) is 11.3. The van der Waals surface area contributed by atoms with Crippen molar-refractivity contribution in [2.45, 2.75) is 25.6 Å². The Bertz CT molecular complexity index is 915. The summed E-state index contributed by atoms with van der Waals surface area (Å²) in [6, 6.07) is 14.7. The second-order valence-corrected chi connectivity index (χ2v) is 9.77. The van der Waals surface area contributed by atoms with Gasteiger partial charge in [-0.1, -0.05) is 35.9 Å². The van der Waals surface area contributed by atoms with Gasteiger partial charge >= 0.3 is 6.03 Å². The number of carbonyl (C=O) groups excluding carboxylic acids is 1. The highest BCUT2D eigenvalue weighted by atomic mass is 35.5. The summed E-state index contributed by atoms with van der Waals surface area (Å²) < 4.78 is 23.3. The third-order valence-corrected chi connectivity index (χ3v) is 6.84. The van der Waals surface area contributed by atoms with Crippen LogP contribution >= 0.6 is 11.6 Å². The largest absolute Gasteiger partial charge is 0.334 e. The molecule has 150 valence electrons. The molecular weight excluding hydrogens is 398 g/mol. The van der Waals surface area contributed by atoms with E-state index in [-0.39, 0.29) is 23.6 Å². The van der Waals surface area contributed by atoms with E-state index in [0.717, 1.165) is 11.1 Å². The first-order chi connectivity index (χ1) is 13.3. The maximum absolute atomic E-state index is 12.0. The summed E-state index contributed by atoms with van der Waals surface area (Å²) in [4.78, 5) is 14.1. The highest BCUT2D eigenvalue weighted by molar-refractivity contribution is 7.91. The van der Waals surface area contributed by atoms with Crippen molar-refractivity contribution < 1.29 is 13.2 Å². The Labute approximate surface area is 170 Å². The lowest BCUT2D eigenvalue weighted by atomic mass is 10.1. The number of hydrogen-bond donors (Lipinski definition) is 2. The summed E-state index contributed by atoms with van der Waals surface area (Å²) in [7, 11) is -0.937. The van der Waals surface area contributed by atoms with Crippen LogP contribution < -0.4 is 10.6 Å². The van der Waals surface area contributed by atoms with Crippen molar-refractivity contribution in [3.63, 3.8) is 0 Å². The number of sulfone groups is 1. The molecule has 2 aromatic rings. The number of anilines is 1. The summed E-state index contributed by atoms with van der Waals surface area (Å²) in [5.41, 5.74) is 2.73. The summed E-state index contributed by atoms with van der Waals surface area (Å²) in [6.07, 6.45) is 0.687. The number of halogens is 1. The minimum Gasteiger partial charge on any atom is -0.334 e. The SMILES string of the molecule is CN(Cc1ccc(NC(=O)NCc2ccc(Cl)cc2)cc1)[C@H]1CCS(=O)(=O)C1. The van der Waals surface area contributed by atoms with E-state index in [4.69, 9.17) is 11.6 Å². The van der Waals surface area contributed by atoms with Gasteiger partial charge in [0, 0.05) is 29.8 Å². The van der Waals surface area contributed by atoms with Crippen molar-refractivity contribution in [3.8, 4) is 0 Å². The Kier molecular flexibility index (Phi) is 6.59. The third kappa shape index (κ3) is 5.95. The average molecular weight is 422 g/mol. The lowest BCUT2D eigenvalue weighted by Crippen LogP contribution is -2.32. The van der Waals surface area contributed by atoms with Crippen LogP contribution in [0.1, 0.15) is 17.5 Å². The van der Waals surface area contributed by atoms with Gasteiger partial charge in [0.05, 0.1) is 11.5 Å². The number of urea groups is 1. The van der Waals surface area contributed by atoms with Gasteiger partial charge in [-0.15, -0.1) is 0 Å². The van der Waals surface area contributed by atoms with Crippen LogP contribution in [0, 0.1) is 0 Å². The Morgan fingerprint density at radius 1 is 1.11 bits per heavy atom. The highest BCUT2D eigenvalue weighted by Crippen LogP contribution is 2.19. The predicted octanol–water partition coefficient (Wildman–Crippen LogP) is 3.28. The molecule has 2 N–H and O–H groups in total. The van der Waals surface area contributed by atoms with Crippen LogP contribution in [-0.2, 0) is 22.9 Å². The van der Waals surface area contributed by atoms with E-state index in [0.29, 0.717) is 30.2 Å². The van der Waals surface area contributed by atoms with E-state index >= 15 is 0 Å². The Hall–Kier alpha value is -2.09. The van der Waals surface area contributed by atoms with Crippen molar-refractivity contribution in [2.75, 3.05) is 23.9 Å². The van der Waals surface area contributed by atoms with E-state index in [1.165, 1.54) is 0 Å². The van der Waals surface area contributed by atoms with Crippen LogP contribution in [0.4, 0.5) is 10.5 Å². The van der Waals surface area contributed by atoms with Crippen molar-refractivity contribution in [1.82, 2.24) is 10.2 Å². The molecule has 8 heteroatoms. The summed E-state index contributed by atoms with van der Waals surface area (Å²) in [6.45, 7) is 1.08. The maximum atomic E-state index is 12.0. The zero-order valence-electron chi connectivity index (χ0n) is 15.7. The average Bonchev–Trinajstić information content (AvgIpc) is 3.03. The molecule has 2 amide bonds. The van der Waals surface area contributed by atoms with Crippen molar-refractivity contribution in [1.29, 1.82) is 0 Å². The first kappa shape index (κ1) is 20.6. The van der Waals surface area contributed by atoms with E-state index in [2.05, 4.69) is 15.5 Å². The summed E-state index contributed by atoms with van der Waals surface area (Å²) in [5, 5.41) is 6.26. The third-order valence-electron chi connectivity index (χ3n) is 4.84. The molecule has 28 heavy (non-hydrogen) atoms. The highest BCUT2D eigenvalue weighted by Gasteiger charge is 2.30. The predicted molar refractivity (Wildman–Crippen MR) is 112 cm³/mol. The zero-order chi connectivity index (χ0) is 20.1. The molecule has 1 aliphatic rings.